The maximum Gasteiger partial charge on any atom is 0.276 e. The first kappa shape index (κ1) is 16.7. The molecule has 21 heavy (non-hydrogen) atoms. The molecule has 0 fully saturated rings. The van der Waals surface area contributed by atoms with E-state index in [0.29, 0.717) is 18.2 Å². The number of carbonyl (C=O) groups excluding carboxylic acids is 1. The van der Waals surface area contributed by atoms with E-state index in [2.05, 4.69) is 15.6 Å². The zero-order valence-electron chi connectivity index (χ0n) is 12.5. The van der Waals surface area contributed by atoms with Crippen LogP contribution in [0, 0.1) is 15.5 Å². The SMILES string of the molecule is CCCNc1cc([N+](=O)[O-])cc(NCC(C)(C)C(N)=O)n1. The van der Waals surface area contributed by atoms with Crippen LogP contribution in [0.4, 0.5) is 17.3 Å². The molecular weight excluding hydrogens is 274 g/mol. The van der Waals surface area contributed by atoms with Crippen LogP contribution in [0.15, 0.2) is 12.1 Å². The van der Waals surface area contributed by atoms with Crippen molar-refractivity contribution in [2.45, 2.75) is 27.2 Å². The summed E-state index contributed by atoms with van der Waals surface area (Å²) in [6, 6.07) is 2.70. The third-order valence-electron chi connectivity index (χ3n) is 2.96. The van der Waals surface area contributed by atoms with E-state index in [9.17, 15) is 14.9 Å². The van der Waals surface area contributed by atoms with Gasteiger partial charge in [-0.25, -0.2) is 4.98 Å². The molecular formula is C13H21N5O3. The smallest absolute Gasteiger partial charge is 0.276 e. The molecule has 0 atom stereocenters. The van der Waals surface area contributed by atoms with Gasteiger partial charge in [-0.05, 0) is 20.3 Å². The lowest BCUT2D eigenvalue weighted by atomic mass is 9.93. The summed E-state index contributed by atoms with van der Waals surface area (Å²) in [6.07, 6.45) is 0.877. The van der Waals surface area contributed by atoms with Gasteiger partial charge in [-0.2, -0.15) is 0 Å². The Hall–Kier alpha value is -2.38. The van der Waals surface area contributed by atoms with E-state index in [1.807, 2.05) is 6.92 Å². The van der Waals surface area contributed by atoms with Gasteiger partial charge in [0.25, 0.3) is 5.69 Å². The minimum atomic E-state index is -0.774. The lowest BCUT2D eigenvalue weighted by Crippen LogP contribution is -2.37. The van der Waals surface area contributed by atoms with Gasteiger partial charge in [-0.15, -0.1) is 0 Å². The van der Waals surface area contributed by atoms with Crippen molar-refractivity contribution in [2.24, 2.45) is 11.1 Å². The number of rotatable bonds is 8. The highest BCUT2D eigenvalue weighted by Gasteiger charge is 2.25. The Kier molecular flexibility index (Phi) is 5.45. The van der Waals surface area contributed by atoms with E-state index in [1.54, 1.807) is 13.8 Å². The molecule has 0 aliphatic carbocycles. The average Bonchev–Trinajstić information content (AvgIpc) is 2.42. The topological polar surface area (TPSA) is 123 Å². The van der Waals surface area contributed by atoms with Crippen LogP contribution in [0.1, 0.15) is 27.2 Å². The van der Waals surface area contributed by atoms with Crippen LogP contribution in [0.2, 0.25) is 0 Å². The van der Waals surface area contributed by atoms with Crippen molar-refractivity contribution in [3.8, 4) is 0 Å². The fraction of sp³-hybridized carbons (Fsp3) is 0.538. The number of hydrogen-bond donors (Lipinski definition) is 3. The van der Waals surface area contributed by atoms with Crippen LogP contribution in [0.3, 0.4) is 0 Å². The molecule has 0 aromatic carbocycles. The van der Waals surface area contributed by atoms with E-state index in [4.69, 9.17) is 5.73 Å². The van der Waals surface area contributed by atoms with E-state index in [0.717, 1.165) is 6.42 Å². The number of primary amides is 1. The van der Waals surface area contributed by atoms with Crippen LogP contribution in [-0.4, -0.2) is 28.9 Å². The van der Waals surface area contributed by atoms with E-state index in [-0.39, 0.29) is 12.2 Å². The molecule has 8 heteroatoms. The highest BCUT2D eigenvalue weighted by atomic mass is 16.6. The van der Waals surface area contributed by atoms with Crippen molar-refractivity contribution in [1.29, 1.82) is 0 Å². The maximum atomic E-state index is 11.3. The summed E-state index contributed by atoms with van der Waals surface area (Å²) in [6.45, 7) is 6.27. The largest absolute Gasteiger partial charge is 0.370 e. The van der Waals surface area contributed by atoms with Crippen molar-refractivity contribution in [3.05, 3.63) is 22.2 Å². The zero-order chi connectivity index (χ0) is 16.0. The highest BCUT2D eigenvalue weighted by Crippen LogP contribution is 2.22. The second kappa shape index (κ2) is 6.87. The highest BCUT2D eigenvalue weighted by molar-refractivity contribution is 5.80. The summed E-state index contributed by atoms with van der Waals surface area (Å²) in [5, 5.41) is 16.9. The van der Waals surface area contributed by atoms with E-state index < -0.39 is 16.2 Å². The van der Waals surface area contributed by atoms with Crippen molar-refractivity contribution in [2.75, 3.05) is 23.7 Å². The Morgan fingerprint density at radius 1 is 1.38 bits per heavy atom. The van der Waals surface area contributed by atoms with Gasteiger partial charge in [0.05, 0.1) is 22.5 Å². The number of aromatic nitrogens is 1. The van der Waals surface area contributed by atoms with Crippen molar-refractivity contribution >= 4 is 23.2 Å². The standard InChI is InChI=1S/C13H21N5O3/c1-4-5-15-10-6-9(18(20)21)7-11(17-10)16-8-13(2,3)12(14)19/h6-7H,4-5,8H2,1-3H3,(H2,14,19)(H2,15,16,17). The molecule has 0 radical (unpaired) electrons. The molecule has 0 bridgehead atoms. The van der Waals surface area contributed by atoms with Crippen molar-refractivity contribution in [1.82, 2.24) is 4.98 Å². The van der Waals surface area contributed by atoms with Gasteiger partial charge in [0.1, 0.15) is 11.6 Å². The molecule has 0 saturated heterocycles. The Bertz CT molecular complexity index is 531. The number of nitrogens with one attached hydrogen (secondary N) is 2. The second-order valence-electron chi connectivity index (χ2n) is 5.38. The van der Waals surface area contributed by atoms with Crippen LogP contribution in [0.25, 0.3) is 0 Å². The Morgan fingerprint density at radius 2 is 1.95 bits per heavy atom. The molecule has 0 aliphatic rings. The molecule has 1 aromatic heterocycles. The number of pyridine rings is 1. The fourth-order valence-corrected chi connectivity index (χ4v) is 1.45. The fourth-order valence-electron chi connectivity index (χ4n) is 1.45. The Morgan fingerprint density at radius 3 is 2.43 bits per heavy atom. The monoisotopic (exact) mass is 295 g/mol. The van der Waals surface area contributed by atoms with E-state index in [1.165, 1.54) is 12.1 Å². The van der Waals surface area contributed by atoms with Gasteiger partial charge < -0.3 is 16.4 Å². The number of carbonyl (C=O) groups is 1. The van der Waals surface area contributed by atoms with Gasteiger partial charge in [0.15, 0.2) is 0 Å². The number of amides is 1. The van der Waals surface area contributed by atoms with Gasteiger partial charge in [-0.1, -0.05) is 6.92 Å². The third kappa shape index (κ3) is 4.90. The predicted octanol–water partition coefficient (Wildman–Crippen LogP) is 1.74. The number of nitrogens with zero attached hydrogens (tertiary/aromatic N) is 2. The van der Waals surface area contributed by atoms with Gasteiger partial charge in [0.2, 0.25) is 5.91 Å². The molecule has 4 N–H and O–H groups in total. The minimum Gasteiger partial charge on any atom is -0.370 e. The number of anilines is 2. The minimum absolute atomic E-state index is 0.0667. The first-order valence-corrected chi connectivity index (χ1v) is 6.70. The summed E-state index contributed by atoms with van der Waals surface area (Å²) in [5.74, 6) is 0.298. The number of nitro groups is 1. The van der Waals surface area contributed by atoms with Crippen LogP contribution in [-0.2, 0) is 4.79 Å². The second-order valence-corrected chi connectivity index (χ2v) is 5.38. The molecule has 0 aliphatic heterocycles. The van der Waals surface area contributed by atoms with Gasteiger partial charge in [-0.3, -0.25) is 14.9 Å². The molecule has 0 saturated carbocycles. The molecule has 0 unspecified atom stereocenters. The lowest BCUT2D eigenvalue weighted by molar-refractivity contribution is -0.384. The zero-order valence-corrected chi connectivity index (χ0v) is 12.5. The summed E-state index contributed by atoms with van der Waals surface area (Å²) >= 11 is 0. The van der Waals surface area contributed by atoms with Crippen LogP contribution in [0.5, 0.6) is 0 Å². The first-order chi connectivity index (χ1) is 9.76. The Balaban J connectivity index is 2.92. The maximum absolute atomic E-state index is 11.3. The van der Waals surface area contributed by atoms with Gasteiger partial charge >= 0.3 is 0 Å². The Labute approximate surface area is 123 Å². The van der Waals surface area contributed by atoms with E-state index >= 15 is 0 Å². The molecule has 116 valence electrons. The van der Waals surface area contributed by atoms with Crippen molar-refractivity contribution < 1.29 is 9.72 Å². The average molecular weight is 295 g/mol. The molecule has 1 heterocycles. The molecule has 8 nitrogen and oxygen atoms in total. The number of nitrogens with two attached hydrogens (primary N) is 1. The summed E-state index contributed by atoms with van der Waals surface area (Å²) in [5.41, 5.74) is 4.45. The van der Waals surface area contributed by atoms with Crippen molar-refractivity contribution in [3.63, 3.8) is 0 Å². The third-order valence-corrected chi connectivity index (χ3v) is 2.96. The molecule has 1 amide bonds. The number of hydrogen-bond acceptors (Lipinski definition) is 6. The summed E-state index contributed by atoms with van der Waals surface area (Å²) in [7, 11) is 0. The quantitative estimate of drug-likeness (QED) is 0.495. The first-order valence-electron chi connectivity index (χ1n) is 6.70. The molecule has 0 spiro atoms. The van der Waals surface area contributed by atoms with Crippen LogP contribution < -0.4 is 16.4 Å². The van der Waals surface area contributed by atoms with Crippen LogP contribution >= 0.6 is 0 Å². The summed E-state index contributed by atoms with van der Waals surface area (Å²) < 4.78 is 0. The summed E-state index contributed by atoms with van der Waals surface area (Å²) in [4.78, 5) is 26.0. The molecule has 1 rings (SSSR count). The predicted molar refractivity (Wildman–Crippen MR) is 81.1 cm³/mol. The molecule has 1 aromatic rings. The lowest BCUT2D eigenvalue weighted by Gasteiger charge is -2.21. The normalized spacial score (nSPS) is 11.0. The van der Waals surface area contributed by atoms with Gasteiger partial charge in [0, 0.05) is 13.1 Å².